The summed E-state index contributed by atoms with van der Waals surface area (Å²) in [6, 6.07) is 15.4. The lowest BCUT2D eigenvalue weighted by Crippen LogP contribution is -2.31. The van der Waals surface area contributed by atoms with Crippen molar-refractivity contribution in [1.82, 2.24) is 10.2 Å². The number of nitrogens with zero attached hydrogens (tertiary/aromatic N) is 2. The summed E-state index contributed by atoms with van der Waals surface area (Å²) in [4.78, 5) is 26.2. The fourth-order valence-corrected chi connectivity index (χ4v) is 3.09. The molecule has 6 heteroatoms. The van der Waals surface area contributed by atoms with Gasteiger partial charge in [-0.05, 0) is 54.7 Å². The highest BCUT2D eigenvalue weighted by molar-refractivity contribution is 5.81. The van der Waals surface area contributed by atoms with Gasteiger partial charge < -0.3 is 10.2 Å². The highest BCUT2D eigenvalue weighted by atomic mass is 19.1. The van der Waals surface area contributed by atoms with Gasteiger partial charge in [0.1, 0.15) is 5.82 Å². The second-order valence-corrected chi connectivity index (χ2v) is 7.36. The molecule has 0 aliphatic heterocycles. The average molecular weight is 393 g/mol. The van der Waals surface area contributed by atoms with Crippen molar-refractivity contribution in [3.05, 3.63) is 71.0 Å². The number of rotatable bonds is 9. The molecule has 2 aromatic rings. The summed E-state index contributed by atoms with van der Waals surface area (Å²) in [5.41, 5.74) is 2.17. The van der Waals surface area contributed by atoms with E-state index in [0.717, 1.165) is 18.4 Å². The van der Waals surface area contributed by atoms with Gasteiger partial charge in [0, 0.05) is 32.0 Å². The summed E-state index contributed by atoms with van der Waals surface area (Å²) in [5.74, 6) is -0.159. The van der Waals surface area contributed by atoms with Gasteiger partial charge in [0.05, 0.1) is 11.6 Å². The van der Waals surface area contributed by atoms with E-state index >= 15 is 0 Å². The molecule has 29 heavy (non-hydrogen) atoms. The lowest BCUT2D eigenvalue weighted by Gasteiger charge is -2.23. The first kappa shape index (κ1) is 20.5. The first-order valence-electron chi connectivity index (χ1n) is 9.84. The fraction of sp³-hybridized carbons (Fsp3) is 0.348. The van der Waals surface area contributed by atoms with Gasteiger partial charge in [-0.25, -0.2) is 4.39 Å². The van der Waals surface area contributed by atoms with E-state index in [4.69, 9.17) is 5.26 Å². The van der Waals surface area contributed by atoms with Gasteiger partial charge in [0.2, 0.25) is 11.8 Å². The molecule has 0 heterocycles. The number of halogens is 1. The Hall–Kier alpha value is -3.20. The molecular formula is C23H24FN3O2. The molecule has 0 bridgehead atoms. The first-order valence-corrected chi connectivity index (χ1v) is 9.84. The van der Waals surface area contributed by atoms with Crippen molar-refractivity contribution in [3.8, 4) is 6.07 Å². The maximum atomic E-state index is 13.5. The Morgan fingerprint density at radius 2 is 1.83 bits per heavy atom. The predicted octanol–water partition coefficient (Wildman–Crippen LogP) is 3.53. The third kappa shape index (κ3) is 6.42. The Morgan fingerprint density at radius 3 is 2.48 bits per heavy atom. The maximum absolute atomic E-state index is 13.5. The lowest BCUT2D eigenvalue weighted by atomic mass is 10.1. The molecule has 3 rings (SSSR count). The number of nitriles is 1. The van der Waals surface area contributed by atoms with Gasteiger partial charge in [-0.3, -0.25) is 9.59 Å². The third-order valence-corrected chi connectivity index (χ3v) is 4.89. The summed E-state index contributed by atoms with van der Waals surface area (Å²) in [6.07, 6.45) is 2.77. The van der Waals surface area contributed by atoms with Crippen molar-refractivity contribution in [2.24, 2.45) is 5.92 Å². The predicted molar refractivity (Wildman–Crippen MR) is 107 cm³/mol. The Morgan fingerprint density at radius 1 is 1.10 bits per heavy atom. The summed E-state index contributed by atoms with van der Waals surface area (Å²) < 4.78 is 13.5. The largest absolute Gasteiger partial charge is 0.356 e. The molecule has 1 saturated carbocycles. The number of carbonyl (C=O) groups is 2. The van der Waals surface area contributed by atoms with Crippen LogP contribution in [-0.2, 0) is 22.7 Å². The molecule has 1 fully saturated rings. The highest BCUT2D eigenvalue weighted by Gasteiger charge is 2.29. The molecule has 0 radical (unpaired) electrons. The smallest absolute Gasteiger partial charge is 0.223 e. The van der Waals surface area contributed by atoms with Crippen molar-refractivity contribution >= 4 is 11.8 Å². The second kappa shape index (κ2) is 9.83. The number of carbonyl (C=O) groups excluding carboxylic acids is 2. The van der Waals surface area contributed by atoms with E-state index in [-0.39, 0.29) is 23.5 Å². The van der Waals surface area contributed by atoms with Crippen molar-refractivity contribution in [1.29, 1.82) is 5.26 Å². The van der Waals surface area contributed by atoms with Crippen LogP contribution in [-0.4, -0.2) is 23.3 Å². The average Bonchev–Trinajstić information content (AvgIpc) is 3.56. The number of nitrogens with one attached hydrogen (secondary N) is 1. The standard InChI is InChI=1S/C23H24FN3O2/c24-21-4-1-3-19(13-21)16-27(15-18-8-6-17(14-25)7-9-18)22(28)5-2-12-26-23(29)20-10-11-20/h1,3-4,6-9,13,20H,2,5,10-12,15-16H2,(H,26,29). The van der Waals surface area contributed by atoms with Crippen LogP contribution in [0.4, 0.5) is 4.39 Å². The summed E-state index contributed by atoms with van der Waals surface area (Å²) >= 11 is 0. The topological polar surface area (TPSA) is 73.2 Å². The minimum absolute atomic E-state index is 0.0562. The Bertz CT molecular complexity index is 901. The Kier molecular flexibility index (Phi) is 6.96. The van der Waals surface area contributed by atoms with Crippen LogP contribution >= 0.6 is 0 Å². The van der Waals surface area contributed by atoms with Crippen LogP contribution in [0.1, 0.15) is 42.4 Å². The van der Waals surface area contributed by atoms with Crippen LogP contribution in [0, 0.1) is 23.1 Å². The molecule has 1 aliphatic carbocycles. The van der Waals surface area contributed by atoms with Crippen LogP contribution in [0.25, 0.3) is 0 Å². The Labute approximate surface area is 170 Å². The number of hydrogen-bond donors (Lipinski definition) is 1. The van der Waals surface area contributed by atoms with E-state index in [0.29, 0.717) is 43.6 Å². The van der Waals surface area contributed by atoms with E-state index in [1.165, 1.54) is 12.1 Å². The Balaban J connectivity index is 1.61. The molecule has 0 unspecified atom stereocenters. The number of benzene rings is 2. The molecule has 0 atom stereocenters. The zero-order valence-corrected chi connectivity index (χ0v) is 16.2. The quantitative estimate of drug-likeness (QED) is 0.663. The van der Waals surface area contributed by atoms with Crippen LogP contribution < -0.4 is 5.32 Å². The summed E-state index contributed by atoms with van der Waals surface area (Å²) in [6.45, 7) is 1.15. The second-order valence-electron chi connectivity index (χ2n) is 7.36. The zero-order valence-electron chi connectivity index (χ0n) is 16.2. The first-order chi connectivity index (χ1) is 14.0. The molecule has 0 aromatic heterocycles. The molecular weight excluding hydrogens is 369 g/mol. The molecule has 2 aromatic carbocycles. The van der Waals surface area contributed by atoms with Crippen molar-refractivity contribution < 1.29 is 14.0 Å². The van der Waals surface area contributed by atoms with Crippen LogP contribution in [0.5, 0.6) is 0 Å². The monoisotopic (exact) mass is 393 g/mol. The van der Waals surface area contributed by atoms with Gasteiger partial charge in [0.15, 0.2) is 0 Å². The van der Waals surface area contributed by atoms with E-state index in [2.05, 4.69) is 11.4 Å². The number of hydrogen-bond acceptors (Lipinski definition) is 3. The number of amides is 2. The van der Waals surface area contributed by atoms with E-state index in [1.54, 1.807) is 29.2 Å². The van der Waals surface area contributed by atoms with Crippen LogP contribution in [0.2, 0.25) is 0 Å². The van der Waals surface area contributed by atoms with Crippen molar-refractivity contribution in [2.45, 2.75) is 38.8 Å². The SMILES string of the molecule is N#Cc1ccc(CN(Cc2cccc(F)c2)C(=O)CCCNC(=O)C2CC2)cc1. The summed E-state index contributed by atoms with van der Waals surface area (Å²) in [5, 5.41) is 11.8. The summed E-state index contributed by atoms with van der Waals surface area (Å²) in [7, 11) is 0. The van der Waals surface area contributed by atoms with Crippen molar-refractivity contribution in [3.63, 3.8) is 0 Å². The van der Waals surface area contributed by atoms with Gasteiger partial charge >= 0.3 is 0 Å². The van der Waals surface area contributed by atoms with Crippen LogP contribution in [0.15, 0.2) is 48.5 Å². The molecule has 0 saturated heterocycles. The third-order valence-electron chi connectivity index (χ3n) is 4.89. The van der Waals surface area contributed by atoms with E-state index in [9.17, 15) is 14.0 Å². The van der Waals surface area contributed by atoms with Gasteiger partial charge in [0.25, 0.3) is 0 Å². The van der Waals surface area contributed by atoms with Crippen LogP contribution in [0.3, 0.4) is 0 Å². The van der Waals surface area contributed by atoms with Gasteiger partial charge in [-0.15, -0.1) is 0 Å². The van der Waals surface area contributed by atoms with E-state index in [1.807, 2.05) is 12.1 Å². The highest BCUT2D eigenvalue weighted by Crippen LogP contribution is 2.28. The molecule has 2 amide bonds. The van der Waals surface area contributed by atoms with Gasteiger partial charge in [-0.2, -0.15) is 5.26 Å². The van der Waals surface area contributed by atoms with E-state index < -0.39 is 0 Å². The molecule has 0 spiro atoms. The fourth-order valence-electron chi connectivity index (χ4n) is 3.09. The minimum Gasteiger partial charge on any atom is -0.356 e. The lowest BCUT2D eigenvalue weighted by molar-refractivity contribution is -0.132. The molecule has 150 valence electrons. The minimum atomic E-state index is -0.337. The molecule has 1 aliphatic rings. The zero-order chi connectivity index (χ0) is 20.6. The molecule has 5 nitrogen and oxygen atoms in total. The maximum Gasteiger partial charge on any atom is 0.223 e. The normalized spacial score (nSPS) is 12.8. The molecule has 1 N–H and O–H groups in total. The van der Waals surface area contributed by atoms with Crippen molar-refractivity contribution in [2.75, 3.05) is 6.54 Å². The van der Waals surface area contributed by atoms with Gasteiger partial charge in [-0.1, -0.05) is 24.3 Å².